The highest BCUT2D eigenvalue weighted by molar-refractivity contribution is 7.13. The van der Waals surface area contributed by atoms with Crippen molar-refractivity contribution in [3.63, 3.8) is 0 Å². The van der Waals surface area contributed by atoms with E-state index in [1.165, 1.54) is 7.11 Å². The van der Waals surface area contributed by atoms with Gasteiger partial charge in [-0.05, 0) is 109 Å². The SMILES string of the molecule is COCCc1ccsc1-c1ccc(-c2ccc(C(=O)NC34CCC(CC3)C4)nc2C(=O)OC)c(C(=O)Nc2ccccc2C)c1. The van der Waals surface area contributed by atoms with Crippen molar-refractivity contribution in [2.45, 2.75) is 51.0 Å². The normalized spacial score (nSPS) is 18.5. The summed E-state index contributed by atoms with van der Waals surface area (Å²) in [6.45, 7) is 2.51. The Labute approximate surface area is 267 Å². The highest BCUT2D eigenvalue weighted by Crippen LogP contribution is 2.47. The summed E-state index contributed by atoms with van der Waals surface area (Å²) in [4.78, 5) is 46.1. The number of anilines is 1. The van der Waals surface area contributed by atoms with E-state index >= 15 is 0 Å². The summed E-state index contributed by atoms with van der Waals surface area (Å²) in [5.41, 5.74) is 4.84. The van der Waals surface area contributed by atoms with Crippen molar-refractivity contribution in [1.29, 1.82) is 0 Å². The number of methoxy groups -OCH3 is 2. The predicted molar refractivity (Wildman–Crippen MR) is 176 cm³/mol. The van der Waals surface area contributed by atoms with Gasteiger partial charge < -0.3 is 20.1 Å². The molecule has 2 aromatic heterocycles. The average molecular weight is 624 g/mol. The number of aromatic nitrogens is 1. The molecule has 2 heterocycles. The van der Waals surface area contributed by atoms with Crippen LogP contribution in [0.15, 0.2) is 66.0 Å². The third-order valence-electron chi connectivity index (χ3n) is 9.16. The first-order valence-corrected chi connectivity index (χ1v) is 16.2. The lowest BCUT2D eigenvalue weighted by Gasteiger charge is -2.27. The fourth-order valence-corrected chi connectivity index (χ4v) is 7.69. The molecule has 2 aromatic carbocycles. The molecule has 0 spiro atoms. The molecule has 232 valence electrons. The molecule has 0 atom stereocenters. The standard InChI is InChI=1S/C36H37N3O5S/c1-22-6-4-5-7-29(22)38-33(40)28-20-25(32-24(14-18-43-2)15-19-45-32)8-9-26(28)27-10-11-30(37-31(27)35(42)44-3)34(41)39-36-16-12-23(21-36)13-17-36/h4-11,15,19-20,23H,12-14,16-18,21H2,1-3H3,(H,38,40)(H,39,41). The number of fused-ring (bicyclic) bond motifs is 2. The number of aryl methyl sites for hydroxylation is 1. The summed E-state index contributed by atoms with van der Waals surface area (Å²) in [6.07, 6.45) is 5.92. The minimum absolute atomic E-state index is 0.0204. The van der Waals surface area contributed by atoms with E-state index in [2.05, 4.69) is 21.7 Å². The monoisotopic (exact) mass is 623 g/mol. The predicted octanol–water partition coefficient (Wildman–Crippen LogP) is 7.08. The average Bonchev–Trinajstić information content (AvgIpc) is 3.80. The molecule has 2 bridgehead atoms. The molecule has 2 N–H and O–H groups in total. The molecular formula is C36H37N3O5S. The molecule has 2 saturated carbocycles. The number of esters is 1. The van der Waals surface area contributed by atoms with Gasteiger partial charge in [0.05, 0.1) is 13.7 Å². The number of hydrogen-bond donors (Lipinski definition) is 2. The third kappa shape index (κ3) is 6.28. The van der Waals surface area contributed by atoms with Crippen molar-refractivity contribution in [2.24, 2.45) is 5.92 Å². The highest BCUT2D eigenvalue weighted by Gasteiger charge is 2.46. The zero-order valence-electron chi connectivity index (χ0n) is 25.8. The van der Waals surface area contributed by atoms with Gasteiger partial charge in [0, 0.05) is 34.3 Å². The number of carbonyl (C=O) groups excluding carboxylic acids is 3. The first kappa shape index (κ1) is 30.7. The van der Waals surface area contributed by atoms with Crippen molar-refractivity contribution in [2.75, 3.05) is 26.1 Å². The molecule has 0 radical (unpaired) electrons. The lowest BCUT2D eigenvalue weighted by Crippen LogP contribution is -2.45. The maximum Gasteiger partial charge on any atom is 0.357 e. The fourth-order valence-electron chi connectivity index (χ4n) is 6.74. The second-order valence-electron chi connectivity index (χ2n) is 12.0. The Morgan fingerprint density at radius 3 is 2.47 bits per heavy atom. The van der Waals surface area contributed by atoms with Crippen LogP contribution in [0.4, 0.5) is 5.69 Å². The number of benzene rings is 2. The van der Waals surface area contributed by atoms with Gasteiger partial charge in [0.25, 0.3) is 11.8 Å². The van der Waals surface area contributed by atoms with Gasteiger partial charge in [-0.2, -0.15) is 0 Å². The summed E-state index contributed by atoms with van der Waals surface area (Å²) < 4.78 is 10.4. The minimum Gasteiger partial charge on any atom is -0.464 e. The van der Waals surface area contributed by atoms with Crippen molar-refractivity contribution in [1.82, 2.24) is 10.3 Å². The van der Waals surface area contributed by atoms with E-state index in [1.54, 1.807) is 30.6 Å². The molecule has 0 aliphatic heterocycles. The van der Waals surface area contributed by atoms with Gasteiger partial charge in [-0.3, -0.25) is 9.59 Å². The number of nitrogens with one attached hydrogen (secondary N) is 2. The number of amides is 2. The molecular weight excluding hydrogens is 586 g/mol. The molecule has 0 unspecified atom stereocenters. The summed E-state index contributed by atoms with van der Waals surface area (Å²) >= 11 is 1.60. The third-order valence-corrected chi connectivity index (χ3v) is 10.2. The number of carbonyl (C=O) groups is 3. The van der Waals surface area contributed by atoms with Gasteiger partial charge in [0.15, 0.2) is 5.69 Å². The van der Waals surface area contributed by atoms with Crippen molar-refractivity contribution in [3.05, 3.63) is 94.1 Å². The summed E-state index contributed by atoms with van der Waals surface area (Å²) in [5.74, 6) is -0.647. The van der Waals surface area contributed by atoms with Crippen LogP contribution in [-0.4, -0.2) is 49.1 Å². The lowest BCUT2D eigenvalue weighted by molar-refractivity contribution is 0.0594. The number of rotatable bonds is 10. The minimum atomic E-state index is -0.686. The fraction of sp³-hybridized carbons (Fsp3) is 0.333. The van der Waals surface area contributed by atoms with Gasteiger partial charge >= 0.3 is 5.97 Å². The van der Waals surface area contributed by atoms with Crippen LogP contribution < -0.4 is 10.6 Å². The first-order valence-electron chi connectivity index (χ1n) is 15.3. The Bertz CT molecular complexity index is 1760. The van der Waals surface area contributed by atoms with Gasteiger partial charge in [0.2, 0.25) is 0 Å². The van der Waals surface area contributed by atoms with Crippen LogP contribution in [0.2, 0.25) is 0 Å². The Kier molecular flexibility index (Phi) is 8.83. The van der Waals surface area contributed by atoms with E-state index < -0.39 is 5.97 Å². The van der Waals surface area contributed by atoms with E-state index in [0.717, 1.165) is 60.1 Å². The number of pyridine rings is 1. The van der Waals surface area contributed by atoms with Crippen LogP contribution in [-0.2, 0) is 15.9 Å². The largest absolute Gasteiger partial charge is 0.464 e. The Morgan fingerprint density at radius 1 is 0.978 bits per heavy atom. The zero-order valence-corrected chi connectivity index (χ0v) is 26.6. The van der Waals surface area contributed by atoms with E-state index in [0.29, 0.717) is 34.9 Å². The number of thiophene rings is 1. The Balaban J connectivity index is 1.42. The molecule has 0 saturated heterocycles. The Hall–Kier alpha value is -4.34. The maximum absolute atomic E-state index is 14.0. The van der Waals surface area contributed by atoms with Crippen molar-refractivity contribution in [3.8, 4) is 21.6 Å². The van der Waals surface area contributed by atoms with Gasteiger partial charge in [-0.25, -0.2) is 9.78 Å². The van der Waals surface area contributed by atoms with Gasteiger partial charge in [-0.15, -0.1) is 11.3 Å². The summed E-state index contributed by atoms with van der Waals surface area (Å²) in [5, 5.41) is 8.30. The molecule has 9 heteroatoms. The molecule has 2 aliphatic carbocycles. The molecule has 4 aromatic rings. The molecule has 6 rings (SSSR count). The van der Waals surface area contributed by atoms with E-state index in [4.69, 9.17) is 9.47 Å². The topological polar surface area (TPSA) is 107 Å². The van der Waals surface area contributed by atoms with Crippen molar-refractivity contribution < 1.29 is 23.9 Å². The highest BCUT2D eigenvalue weighted by atomic mass is 32.1. The number of hydrogen-bond acceptors (Lipinski definition) is 7. The first-order chi connectivity index (χ1) is 21.8. The van der Waals surface area contributed by atoms with Crippen LogP contribution in [0.25, 0.3) is 21.6 Å². The van der Waals surface area contributed by atoms with Crippen LogP contribution in [0.3, 0.4) is 0 Å². The van der Waals surface area contributed by atoms with Gasteiger partial charge in [0.1, 0.15) is 5.69 Å². The molecule has 45 heavy (non-hydrogen) atoms. The van der Waals surface area contributed by atoms with Crippen LogP contribution in [0.1, 0.15) is 74.6 Å². The van der Waals surface area contributed by atoms with Gasteiger partial charge in [-0.1, -0.05) is 30.3 Å². The summed E-state index contributed by atoms with van der Waals surface area (Å²) in [7, 11) is 2.96. The van der Waals surface area contributed by atoms with Crippen LogP contribution >= 0.6 is 11.3 Å². The molecule has 8 nitrogen and oxygen atoms in total. The van der Waals surface area contributed by atoms with Crippen molar-refractivity contribution >= 4 is 34.8 Å². The molecule has 2 amide bonds. The zero-order chi connectivity index (χ0) is 31.6. The second kappa shape index (κ2) is 12.9. The summed E-state index contributed by atoms with van der Waals surface area (Å²) in [6, 6.07) is 18.6. The maximum atomic E-state index is 14.0. The Morgan fingerprint density at radius 2 is 1.76 bits per heavy atom. The molecule has 2 aliphatic rings. The van der Waals surface area contributed by atoms with E-state index in [1.807, 2.05) is 54.8 Å². The number of para-hydroxylation sites is 1. The number of ether oxygens (including phenoxy) is 2. The second-order valence-corrected chi connectivity index (χ2v) is 12.9. The van der Waals surface area contributed by atoms with E-state index in [-0.39, 0.29) is 28.7 Å². The van der Waals surface area contributed by atoms with E-state index in [9.17, 15) is 14.4 Å². The smallest absolute Gasteiger partial charge is 0.357 e. The molecule has 2 fully saturated rings. The van der Waals surface area contributed by atoms with Crippen LogP contribution in [0, 0.1) is 12.8 Å². The quantitative estimate of drug-likeness (QED) is 0.183. The lowest BCUT2D eigenvalue weighted by atomic mass is 9.93. The van der Waals surface area contributed by atoms with Crippen LogP contribution in [0.5, 0.6) is 0 Å². The number of nitrogens with zero attached hydrogens (tertiary/aromatic N) is 1.